The highest BCUT2D eigenvalue weighted by atomic mass is 35.5. The van der Waals surface area contributed by atoms with E-state index >= 15 is 0 Å². The quantitative estimate of drug-likeness (QED) is 0.945. The summed E-state index contributed by atoms with van der Waals surface area (Å²) in [5.74, 6) is 0. The maximum absolute atomic E-state index is 12.2. The molecule has 0 saturated carbocycles. The Bertz CT molecular complexity index is 605. The molecule has 3 rings (SSSR count). The number of likely N-dealkylation sites (tertiary alicyclic amines) is 1. The Morgan fingerprint density at radius 2 is 2.00 bits per heavy atom. The maximum Gasteiger partial charge on any atom is 0.317 e. The first-order valence-electron chi connectivity index (χ1n) is 7.35. The van der Waals surface area contributed by atoms with Crippen LogP contribution < -0.4 is 5.32 Å². The van der Waals surface area contributed by atoms with E-state index in [0.29, 0.717) is 17.6 Å². The third-order valence-corrected chi connectivity index (χ3v) is 4.18. The zero-order valence-corrected chi connectivity index (χ0v) is 12.9. The number of nitrogens with one attached hydrogen (secondary N) is 1. The number of carbonyl (C=O) groups excluding carboxylic acids is 1. The Morgan fingerprint density at radius 3 is 2.64 bits per heavy atom. The Labute approximate surface area is 134 Å². The minimum atomic E-state index is -0.0213. The summed E-state index contributed by atoms with van der Waals surface area (Å²) in [7, 11) is 0. The van der Waals surface area contributed by atoms with Crippen LogP contribution in [0.15, 0.2) is 36.7 Å². The van der Waals surface area contributed by atoms with Gasteiger partial charge in [0.2, 0.25) is 0 Å². The van der Waals surface area contributed by atoms with Gasteiger partial charge in [-0.25, -0.2) is 9.48 Å². The lowest BCUT2D eigenvalue weighted by molar-refractivity contribution is 0.167. The summed E-state index contributed by atoms with van der Waals surface area (Å²) in [5.41, 5.74) is 1.04. The number of nitrogens with zero attached hydrogens (tertiary/aromatic N) is 4. The number of amides is 2. The minimum absolute atomic E-state index is 0.0213. The summed E-state index contributed by atoms with van der Waals surface area (Å²) in [6, 6.07) is 7.80. The lowest BCUT2D eigenvalue weighted by atomic mass is 10.1. The molecule has 6 nitrogen and oxygen atoms in total. The highest BCUT2D eigenvalue weighted by Gasteiger charge is 2.23. The number of aromatic nitrogens is 3. The molecule has 1 aromatic carbocycles. The van der Waals surface area contributed by atoms with E-state index in [1.807, 2.05) is 40.0 Å². The van der Waals surface area contributed by atoms with Crippen LogP contribution in [0.1, 0.15) is 24.4 Å². The van der Waals surface area contributed by atoms with Crippen LogP contribution in [0.5, 0.6) is 0 Å². The number of urea groups is 1. The first-order chi connectivity index (χ1) is 10.7. The normalized spacial score (nSPS) is 15.8. The van der Waals surface area contributed by atoms with Gasteiger partial charge >= 0.3 is 6.03 Å². The van der Waals surface area contributed by atoms with Gasteiger partial charge in [0.05, 0.1) is 12.2 Å². The second kappa shape index (κ2) is 6.79. The molecule has 2 heterocycles. The number of hydrogen-bond donors (Lipinski definition) is 1. The van der Waals surface area contributed by atoms with Gasteiger partial charge in [0.1, 0.15) is 0 Å². The van der Waals surface area contributed by atoms with E-state index < -0.39 is 0 Å². The number of halogens is 1. The summed E-state index contributed by atoms with van der Waals surface area (Å²) in [4.78, 5) is 14.0. The molecule has 1 saturated heterocycles. The summed E-state index contributed by atoms with van der Waals surface area (Å²) in [6.45, 7) is 1.98. The van der Waals surface area contributed by atoms with Crippen molar-refractivity contribution in [2.45, 2.75) is 25.4 Å². The molecule has 2 amide bonds. The van der Waals surface area contributed by atoms with E-state index in [1.165, 1.54) is 0 Å². The fourth-order valence-corrected chi connectivity index (χ4v) is 2.76. The average molecular weight is 320 g/mol. The lowest BCUT2D eigenvalue weighted by Crippen LogP contribution is -2.44. The molecule has 1 N–H and O–H groups in total. The van der Waals surface area contributed by atoms with Crippen LogP contribution in [-0.2, 0) is 6.54 Å². The Kier molecular flexibility index (Phi) is 4.58. The van der Waals surface area contributed by atoms with Crippen molar-refractivity contribution in [1.82, 2.24) is 25.2 Å². The highest BCUT2D eigenvalue weighted by molar-refractivity contribution is 6.30. The van der Waals surface area contributed by atoms with Crippen LogP contribution in [0.4, 0.5) is 4.79 Å². The van der Waals surface area contributed by atoms with Crippen LogP contribution in [0.3, 0.4) is 0 Å². The van der Waals surface area contributed by atoms with Gasteiger partial charge in [-0.3, -0.25) is 0 Å². The van der Waals surface area contributed by atoms with Crippen molar-refractivity contribution in [3.05, 3.63) is 47.2 Å². The van der Waals surface area contributed by atoms with Crippen molar-refractivity contribution in [1.29, 1.82) is 0 Å². The predicted molar refractivity (Wildman–Crippen MR) is 83.6 cm³/mol. The molecule has 0 unspecified atom stereocenters. The van der Waals surface area contributed by atoms with Crippen molar-refractivity contribution < 1.29 is 4.79 Å². The Morgan fingerprint density at radius 1 is 1.27 bits per heavy atom. The molecule has 1 aliphatic rings. The SMILES string of the molecule is O=C(NCc1ccc(Cl)cc1)N1CCC(n2ccnn2)CC1. The summed E-state index contributed by atoms with van der Waals surface area (Å²) in [6.07, 6.45) is 5.36. The third kappa shape index (κ3) is 3.57. The summed E-state index contributed by atoms with van der Waals surface area (Å²) < 4.78 is 1.88. The molecule has 2 aromatic rings. The zero-order chi connectivity index (χ0) is 15.4. The van der Waals surface area contributed by atoms with Crippen molar-refractivity contribution >= 4 is 17.6 Å². The maximum atomic E-state index is 12.2. The lowest BCUT2D eigenvalue weighted by Gasteiger charge is -2.31. The Hall–Kier alpha value is -2.08. The van der Waals surface area contributed by atoms with E-state index in [2.05, 4.69) is 15.6 Å². The average Bonchev–Trinajstić information content (AvgIpc) is 3.09. The monoisotopic (exact) mass is 319 g/mol. The van der Waals surface area contributed by atoms with Gasteiger partial charge in [0, 0.05) is 30.9 Å². The largest absolute Gasteiger partial charge is 0.334 e. The minimum Gasteiger partial charge on any atom is -0.334 e. The number of rotatable bonds is 3. The Balaban J connectivity index is 1.46. The predicted octanol–water partition coefficient (Wildman–Crippen LogP) is 2.48. The van der Waals surface area contributed by atoms with Crippen molar-refractivity contribution in [3.8, 4) is 0 Å². The van der Waals surface area contributed by atoms with E-state index in [1.54, 1.807) is 6.20 Å². The number of carbonyl (C=O) groups is 1. The topological polar surface area (TPSA) is 63.1 Å². The van der Waals surface area contributed by atoms with Crippen molar-refractivity contribution in [3.63, 3.8) is 0 Å². The van der Waals surface area contributed by atoms with Gasteiger partial charge < -0.3 is 10.2 Å². The van der Waals surface area contributed by atoms with Gasteiger partial charge in [-0.05, 0) is 30.5 Å². The van der Waals surface area contributed by atoms with Crippen LogP contribution >= 0.6 is 11.6 Å². The number of piperidine rings is 1. The molecular formula is C15H18ClN5O. The number of hydrogen-bond acceptors (Lipinski definition) is 3. The molecular weight excluding hydrogens is 302 g/mol. The van der Waals surface area contributed by atoms with Crippen molar-refractivity contribution in [2.75, 3.05) is 13.1 Å². The van der Waals surface area contributed by atoms with Crippen LogP contribution in [0.25, 0.3) is 0 Å². The van der Waals surface area contributed by atoms with E-state index in [-0.39, 0.29) is 6.03 Å². The molecule has 0 aliphatic carbocycles. The highest BCUT2D eigenvalue weighted by Crippen LogP contribution is 2.21. The van der Waals surface area contributed by atoms with E-state index in [0.717, 1.165) is 31.5 Å². The van der Waals surface area contributed by atoms with E-state index in [9.17, 15) is 4.79 Å². The van der Waals surface area contributed by atoms with Gasteiger partial charge in [0.25, 0.3) is 0 Å². The van der Waals surface area contributed by atoms with Gasteiger partial charge in [0.15, 0.2) is 0 Å². The molecule has 22 heavy (non-hydrogen) atoms. The van der Waals surface area contributed by atoms with Crippen molar-refractivity contribution in [2.24, 2.45) is 0 Å². The molecule has 7 heteroatoms. The standard InChI is InChI=1S/C15H18ClN5O/c16-13-3-1-12(2-4-13)11-17-15(22)20-8-5-14(6-9-20)21-10-7-18-19-21/h1-4,7,10,14H,5-6,8-9,11H2,(H,17,22). The molecule has 116 valence electrons. The second-order valence-electron chi connectivity index (χ2n) is 5.39. The smallest absolute Gasteiger partial charge is 0.317 e. The van der Waals surface area contributed by atoms with Gasteiger partial charge in [-0.2, -0.15) is 0 Å². The fraction of sp³-hybridized carbons (Fsp3) is 0.400. The van der Waals surface area contributed by atoms with Crippen LogP contribution in [0.2, 0.25) is 5.02 Å². The zero-order valence-electron chi connectivity index (χ0n) is 12.2. The third-order valence-electron chi connectivity index (χ3n) is 3.92. The summed E-state index contributed by atoms with van der Waals surface area (Å²) >= 11 is 5.84. The van der Waals surface area contributed by atoms with Crippen LogP contribution in [0, 0.1) is 0 Å². The fourth-order valence-electron chi connectivity index (χ4n) is 2.64. The molecule has 0 atom stereocenters. The first-order valence-corrected chi connectivity index (χ1v) is 7.73. The second-order valence-corrected chi connectivity index (χ2v) is 5.82. The summed E-state index contributed by atoms with van der Waals surface area (Å²) in [5, 5.41) is 11.5. The van der Waals surface area contributed by atoms with Crippen LogP contribution in [-0.4, -0.2) is 39.0 Å². The molecule has 1 aromatic heterocycles. The molecule has 1 aliphatic heterocycles. The first kappa shape index (κ1) is 14.8. The molecule has 0 spiro atoms. The van der Waals surface area contributed by atoms with Gasteiger partial charge in [-0.15, -0.1) is 5.10 Å². The van der Waals surface area contributed by atoms with E-state index in [4.69, 9.17) is 11.6 Å². The molecule has 1 fully saturated rings. The molecule has 0 bridgehead atoms. The molecule has 0 radical (unpaired) electrons. The number of benzene rings is 1. The van der Waals surface area contributed by atoms with Gasteiger partial charge in [-0.1, -0.05) is 28.9 Å².